The van der Waals surface area contributed by atoms with Crippen molar-refractivity contribution in [3.63, 3.8) is 0 Å². The maximum atomic E-state index is 13.2. The van der Waals surface area contributed by atoms with Crippen molar-refractivity contribution in [2.75, 3.05) is 13.2 Å². The second kappa shape index (κ2) is 8.64. The molecule has 0 saturated heterocycles. The molecule has 0 N–H and O–H groups in total. The second-order valence-corrected chi connectivity index (χ2v) is 7.47. The zero-order valence-electron chi connectivity index (χ0n) is 16.8. The Kier molecular flexibility index (Phi) is 5.77. The van der Waals surface area contributed by atoms with Gasteiger partial charge in [0, 0.05) is 10.6 Å². The molecule has 0 radical (unpaired) electrons. The molecule has 4 aromatic rings. The van der Waals surface area contributed by atoms with Gasteiger partial charge in [-0.2, -0.15) is 0 Å². The highest BCUT2D eigenvalue weighted by Gasteiger charge is 2.18. The van der Waals surface area contributed by atoms with Crippen LogP contribution in [0.5, 0.6) is 11.5 Å². The van der Waals surface area contributed by atoms with E-state index in [0.29, 0.717) is 28.4 Å². The van der Waals surface area contributed by atoms with Crippen LogP contribution in [0.2, 0.25) is 5.02 Å². The van der Waals surface area contributed by atoms with Gasteiger partial charge in [-0.1, -0.05) is 59.6 Å². The molecule has 1 aromatic heterocycles. The summed E-state index contributed by atoms with van der Waals surface area (Å²) in [5.74, 6) is 1.30. The number of rotatable bonds is 6. The summed E-state index contributed by atoms with van der Waals surface area (Å²) in [4.78, 5) is 13.2. The summed E-state index contributed by atoms with van der Waals surface area (Å²) in [6.45, 7) is 4.38. The van der Waals surface area contributed by atoms with Crippen LogP contribution in [0.15, 0.2) is 75.9 Å². The molecule has 0 saturated carbocycles. The van der Waals surface area contributed by atoms with Gasteiger partial charge in [-0.3, -0.25) is 4.79 Å². The fraction of sp³-hybridized carbons (Fsp3) is 0.160. The molecule has 0 spiro atoms. The SMILES string of the molecule is Cc1ccc(OCCOc2c(-c3ccccc3)oc3cc(C)c(Cl)cc3c2=O)cc1. The minimum atomic E-state index is -0.257. The molecule has 0 atom stereocenters. The molecule has 152 valence electrons. The summed E-state index contributed by atoms with van der Waals surface area (Å²) in [6.07, 6.45) is 0. The van der Waals surface area contributed by atoms with Gasteiger partial charge in [0.2, 0.25) is 11.2 Å². The highest BCUT2D eigenvalue weighted by atomic mass is 35.5. The van der Waals surface area contributed by atoms with Gasteiger partial charge in [0.15, 0.2) is 5.76 Å². The first-order valence-corrected chi connectivity index (χ1v) is 10.1. The molecule has 4 rings (SSSR count). The zero-order chi connectivity index (χ0) is 21.1. The maximum absolute atomic E-state index is 13.2. The smallest absolute Gasteiger partial charge is 0.235 e. The third kappa shape index (κ3) is 4.19. The van der Waals surface area contributed by atoms with E-state index in [4.69, 9.17) is 25.5 Å². The van der Waals surface area contributed by atoms with Crippen molar-refractivity contribution >= 4 is 22.6 Å². The van der Waals surface area contributed by atoms with Gasteiger partial charge < -0.3 is 13.9 Å². The Labute approximate surface area is 179 Å². The van der Waals surface area contributed by atoms with Gasteiger partial charge in [0.05, 0.1) is 5.39 Å². The van der Waals surface area contributed by atoms with Gasteiger partial charge in [-0.15, -0.1) is 0 Å². The lowest BCUT2D eigenvalue weighted by atomic mass is 10.1. The molecule has 0 amide bonds. The van der Waals surface area contributed by atoms with E-state index in [-0.39, 0.29) is 17.8 Å². The molecule has 0 aliphatic carbocycles. The number of fused-ring (bicyclic) bond motifs is 1. The van der Waals surface area contributed by atoms with E-state index in [0.717, 1.165) is 22.4 Å². The second-order valence-electron chi connectivity index (χ2n) is 7.06. The molecular formula is C25H21ClO4. The standard InChI is InChI=1S/C25H21ClO4/c1-16-8-10-19(11-9-16)28-12-13-29-25-23(27)20-15-21(26)17(2)14-22(20)30-24(25)18-6-4-3-5-7-18/h3-11,14-15H,12-13H2,1-2H3. The molecule has 0 unspecified atom stereocenters. The van der Waals surface area contributed by atoms with E-state index >= 15 is 0 Å². The van der Waals surface area contributed by atoms with E-state index in [1.54, 1.807) is 12.1 Å². The van der Waals surface area contributed by atoms with Crippen LogP contribution >= 0.6 is 11.6 Å². The van der Waals surface area contributed by atoms with Gasteiger partial charge in [-0.05, 0) is 43.7 Å². The van der Waals surface area contributed by atoms with Crippen LogP contribution in [0.3, 0.4) is 0 Å². The highest BCUT2D eigenvalue weighted by molar-refractivity contribution is 6.32. The lowest BCUT2D eigenvalue weighted by Crippen LogP contribution is -2.15. The molecule has 0 fully saturated rings. The topological polar surface area (TPSA) is 48.7 Å². The average molecular weight is 421 g/mol. The van der Waals surface area contributed by atoms with E-state index in [1.807, 2.05) is 68.4 Å². The Hall–Kier alpha value is -3.24. The minimum absolute atomic E-state index is 0.154. The Balaban J connectivity index is 1.66. The fourth-order valence-electron chi connectivity index (χ4n) is 3.15. The monoisotopic (exact) mass is 420 g/mol. The van der Waals surface area contributed by atoms with Crippen LogP contribution in [0.4, 0.5) is 0 Å². The van der Waals surface area contributed by atoms with Crippen LogP contribution in [-0.2, 0) is 0 Å². The Bertz CT molecular complexity index is 1230. The minimum Gasteiger partial charge on any atom is -0.490 e. The van der Waals surface area contributed by atoms with Crippen LogP contribution in [0, 0.1) is 13.8 Å². The third-order valence-electron chi connectivity index (χ3n) is 4.79. The van der Waals surface area contributed by atoms with Crippen molar-refractivity contribution < 1.29 is 13.9 Å². The van der Waals surface area contributed by atoms with Crippen molar-refractivity contribution in [2.24, 2.45) is 0 Å². The van der Waals surface area contributed by atoms with Gasteiger partial charge in [0.1, 0.15) is 24.5 Å². The summed E-state index contributed by atoms with van der Waals surface area (Å²) >= 11 is 6.23. The highest BCUT2D eigenvalue weighted by Crippen LogP contribution is 2.32. The molecule has 3 aromatic carbocycles. The van der Waals surface area contributed by atoms with E-state index < -0.39 is 0 Å². The number of benzene rings is 3. The largest absolute Gasteiger partial charge is 0.490 e. The Morgan fingerprint density at radius 2 is 1.60 bits per heavy atom. The van der Waals surface area contributed by atoms with Gasteiger partial charge in [-0.25, -0.2) is 0 Å². The summed E-state index contributed by atoms with van der Waals surface area (Å²) < 4.78 is 17.7. The molecule has 5 heteroatoms. The predicted octanol–water partition coefficient (Wildman–Crippen LogP) is 6.19. The van der Waals surface area contributed by atoms with Crippen molar-refractivity contribution in [3.8, 4) is 22.8 Å². The molecule has 1 heterocycles. The first kappa shape index (κ1) is 20.0. The zero-order valence-corrected chi connectivity index (χ0v) is 17.5. The quantitative estimate of drug-likeness (QED) is 0.349. The molecular weight excluding hydrogens is 400 g/mol. The first-order chi connectivity index (χ1) is 14.5. The Morgan fingerprint density at radius 1 is 0.900 bits per heavy atom. The Morgan fingerprint density at radius 3 is 2.33 bits per heavy atom. The van der Waals surface area contributed by atoms with Crippen LogP contribution in [0.25, 0.3) is 22.3 Å². The lowest BCUT2D eigenvalue weighted by Gasteiger charge is -2.13. The summed E-state index contributed by atoms with van der Waals surface area (Å²) in [6, 6.07) is 20.6. The van der Waals surface area contributed by atoms with Crippen LogP contribution in [0.1, 0.15) is 11.1 Å². The van der Waals surface area contributed by atoms with Crippen molar-refractivity contribution in [3.05, 3.63) is 93.1 Å². The van der Waals surface area contributed by atoms with Crippen molar-refractivity contribution in [1.29, 1.82) is 0 Å². The normalized spacial score (nSPS) is 10.9. The molecule has 30 heavy (non-hydrogen) atoms. The summed E-state index contributed by atoms with van der Waals surface area (Å²) in [5, 5.41) is 0.899. The summed E-state index contributed by atoms with van der Waals surface area (Å²) in [5.41, 5.74) is 2.98. The van der Waals surface area contributed by atoms with E-state index in [2.05, 4.69) is 0 Å². The average Bonchev–Trinajstić information content (AvgIpc) is 2.75. The van der Waals surface area contributed by atoms with Gasteiger partial charge >= 0.3 is 0 Å². The van der Waals surface area contributed by atoms with Crippen molar-refractivity contribution in [2.45, 2.75) is 13.8 Å². The van der Waals surface area contributed by atoms with Crippen LogP contribution < -0.4 is 14.9 Å². The van der Waals surface area contributed by atoms with E-state index in [9.17, 15) is 4.79 Å². The fourth-order valence-corrected chi connectivity index (χ4v) is 3.31. The summed E-state index contributed by atoms with van der Waals surface area (Å²) in [7, 11) is 0. The number of ether oxygens (including phenoxy) is 2. The van der Waals surface area contributed by atoms with Crippen LogP contribution in [-0.4, -0.2) is 13.2 Å². The molecule has 0 bridgehead atoms. The van der Waals surface area contributed by atoms with Crippen molar-refractivity contribution in [1.82, 2.24) is 0 Å². The number of aryl methyl sites for hydroxylation is 2. The predicted molar refractivity (Wildman–Crippen MR) is 120 cm³/mol. The first-order valence-electron chi connectivity index (χ1n) is 9.67. The number of hydrogen-bond acceptors (Lipinski definition) is 4. The van der Waals surface area contributed by atoms with Gasteiger partial charge in [0.25, 0.3) is 0 Å². The third-order valence-corrected chi connectivity index (χ3v) is 5.19. The maximum Gasteiger partial charge on any atom is 0.235 e. The van der Waals surface area contributed by atoms with E-state index in [1.165, 1.54) is 0 Å². The molecule has 0 aliphatic rings. The lowest BCUT2D eigenvalue weighted by molar-refractivity contribution is 0.214. The number of halogens is 1. The molecule has 4 nitrogen and oxygen atoms in total. The molecule has 0 aliphatic heterocycles. The number of hydrogen-bond donors (Lipinski definition) is 0.